The second-order valence-electron chi connectivity index (χ2n) is 10.2. The third-order valence-electron chi connectivity index (χ3n) is 6.25. The van der Waals surface area contributed by atoms with E-state index in [-0.39, 0.29) is 0 Å². The summed E-state index contributed by atoms with van der Waals surface area (Å²) in [4.78, 5) is 10.6. The van der Waals surface area contributed by atoms with Gasteiger partial charge in [0.05, 0.1) is 152 Å². The molecule has 0 atom stereocenters. The highest BCUT2D eigenvalue weighted by Crippen LogP contribution is 2.10. The van der Waals surface area contributed by atoms with E-state index in [0.29, 0.717) is 170 Å². The van der Waals surface area contributed by atoms with Gasteiger partial charge in [0.15, 0.2) is 0 Å². The van der Waals surface area contributed by atoms with Crippen molar-refractivity contribution < 1.29 is 66.4 Å². The van der Waals surface area contributed by atoms with Gasteiger partial charge < -0.3 is 61.6 Å². The van der Waals surface area contributed by atoms with Crippen LogP contribution in [0.5, 0.6) is 5.75 Å². The van der Waals surface area contributed by atoms with Crippen LogP contribution in [-0.2, 0) is 56.8 Å². The van der Waals surface area contributed by atoms with E-state index in [1.54, 1.807) is 24.3 Å². The first kappa shape index (κ1) is 45.2. The summed E-state index contributed by atoms with van der Waals surface area (Å²) in [5.41, 5.74) is 0.618. The lowest BCUT2D eigenvalue weighted by Crippen LogP contribution is -2.15. The van der Waals surface area contributed by atoms with Crippen LogP contribution in [0.1, 0.15) is 30.1 Å². The Labute approximate surface area is 293 Å². The van der Waals surface area contributed by atoms with Gasteiger partial charge in [-0.25, -0.2) is 0 Å². The van der Waals surface area contributed by atoms with Crippen molar-refractivity contribution in [2.24, 2.45) is 0 Å². The third-order valence-corrected chi connectivity index (χ3v) is 6.25. The van der Waals surface area contributed by atoms with E-state index in [9.17, 15) is 4.79 Å². The molecule has 14 heteroatoms. The van der Waals surface area contributed by atoms with Gasteiger partial charge in [0, 0.05) is 12.2 Å². The van der Waals surface area contributed by atoms with E-state index in [2.05, 4.69) is 6.92 Å². The minimum atomic E-state index is 0.430. The summed E-state index contributed by atoms with van der Waals surface area (Å²) in [6.45, 7) is 15.2. The van der Waals surface area contributed by atoms with Gasteiger partial charge in [0.1, 0.15) is 18.6 Å². The molecule has 0 unspecified atom stereocenters. The fourth-order valence-corrected chi connectivity index (χ4v) is 3.63. The maximum absolute atomic E-state index is 10.6. The summed E-state index contributed by atoms with van der Waals surface area (Å²) in [5.74, 6) is 0.704. The highest BCUT2D eigenvalue weighted by molar-refractivity contribution is 5.74. The fraction of sp³-hybridized carbons (Fsp3) is 0.800. The summed E-state index contributed by atoms with van der Waals surface area (Å²) in [5, 5.41) is 0. The van der Waals surface area contributed by atoms with E-state index in [0.717, 1.165) is 25.7 Å². The smallest absolute Gasteiger partial charge is 0.150 e. The number of rotatable bonds is 41. The zero-order chi connectivity index (χ0) is 35.0. The molecular formula is C35H62O14. The van der Waals surface area contributed by atoms with E-state index in [1.807, 2.05) is 0 Å². The maximum Gasteiger partial charge on any atom is 0.150 e. The monoisotopic (exact) mass is 706 g/mol. The number of aldehydes is 1. The lowest BCUT2D eigenvalue weighted by atomic mass is 10.2. The number of carbonyl (C=O) groups excluding carboxylic acids is 1. The van der Waals surface area contributed by atoms with Crippen LogP contribution < -0.4 is 4.74 Å². The van der Waals surface area contributed by atoms with Crippen molar-refractivity contribution in [3.8, 4) is 5.75 Å². The molecule has 286 valence electrons. The second kappa shape index (κ2) is 39.0. The summed E-state index contributed by atoms with van der Waals surface area (Å²) in [6.07, 6.45) is 3.03. The molecule has 0 N–H and O–H groups in total. The number of benzene rings is 1. The standard InChI is InChI=1S/C35H62O14/c1-2-3-8-37-9-10-38-11-12-39-13-14-40-15-16-41-17-18-42-19-20-43-21-22-44-23-24-45-25-26-46-27-28-47-29-30-48-31-32-49-35-6-4-34(33-36)5-7-35/h4-7,33H,2-3,8-32H2,1H3. The topological polar surface area (TPSA) is 137 Å². The molecule has 0 amide bonds. The zero-order valence-electron chi connectivity index (χ0n) is 29.7. The van der Waals surface area contributed by atoms with Gasteiger partial charge in [-0.15, -0.1) is 0 Å². The van der Waals surface area contributed by atoms with E-state index in [4.69, 9.17) is 61.6 Å². The predicted molar refractivity (Wildman–Crippen MR) is 182 cm³/mol. The van der Waals surface area contributed by atoms with Crippen molar-refractivity contribution in [1.82, 2.24) is 0 Å². The molecular weight excluding hydrogens is 644 g/mol. The van der Waals surface area contributed by atoms with Crippen molar-refractivity contribution in [2.75, 3.05) is 165 Å². The number of unbranched alkanes of at least 4 members (excludes halogenated alkanes) is 1. The molecule has 0 bridgehead atoms. The Morgan fingerprint density at radius 2 is 0.612 bits per heavy atom. The first-order chi connectivity index (χ1) is 24.4. The first-order valence-electron chi connectivity index (χ1n) is 17.5. The Balaban J connectivity index is 1.62. The van der Waals surface area contributed by atoms with Crippen molar-refractivity contribution in [3.05, 3.63) is 29.8 Å². The Morgan fingerprint density at radius 3 is 0.857 bits per heavy atom. The molecule has 0 aliphatic carbocycles. The fourth-order valence-electron chi connectivity index (χ4n) is 3.63. The Bertz CT molecular complexity index is 786. The van der Waals surface area contributed by atoms with E-state index < -0.39 is 0 Å². The maximum atomic E-state index is 10.6. The van der Waals surface area contributed by atoms with Gasteiger partial charge in [-0.1, -0.05) is 13.3 Å². The molecule has 1 aromatic carbocycles. The van der Waals surface area contributed by atoms with Crippen LogP contribution in [0, 0.1) is 0 Å². The Hall–Kier alpha value is -1.79. The quantitative estimate of drug-likeness (QED) is 0.0729. The van der Waals surface area contributed by atoms with Gasteiger partial charge in [-0.2, -0.15) is 0 Å². The Kier molecular flexibility index (Phi) is 36.0. The normalized spacial score (nSPS) is 11.4. The van der Waals surface area contributed by atoms with Crippen LogP contribution in [0.15, 0.2) is 24.3 Å². The molecule has 1 aromatic rings. The summed E-state index contributed by atoms with van der Waals surface area (Å²) in [6, 6.07) is 6.94. The Morgan fingerprint density at radius 1 is 0.367 bits per heavy atom. The number of ether oxygens (including phenoxy) is 13. The molecule has 0 saturated carbocycles. The van der Waals surface area contributed by atoms with Crippen molar-refractivity contribution in [2.45, 2.75) is 19.8 Å². The van der Waals surface area contributed by atoms with Crippen molar-refractivity contribution in [3.63, 3.8) is 0 Å². The molecule has 14 nitrogen and oxygen atoms in total. The van der Waals surface area contributed by atoms with Gasteiger partial charge >= 0.3 is 0 Å². The first-order valence-corrected chi connectivity index (χ1v) is 17.5. The van der Waals surface area contributed by atoms with Crippen molar-refractivity contribution in [1.29, 1.82) is 0 Å². The molecule has 0 radical (unpaired) electrons. The average Bonchev–Trinajstić information content (AvgIpc) is 3.13. The molecule has 0 fully saturated rings. The molecule has 49 heavy (non-hydrogen) atoms. The minimum Gasteiger partial charge on any atom is -0.491 e. The lowest BCUT2D eigenvalue weighted by molar-refractivity contribution is -0.0285. The van der Waals surface area contributed by atoms with Gasteiger partial charge in [0.2, 0.25) is 0 Å². The summed E-state index contributed by atoms with van der Waals surface area (Å²) < 4.78 is 71.2. The molecule has 1 rings (SSSR count). The number of hydrogen-bond donors (Lipinski definition) is 0. The number of carbonyl (C=O) groups is 1. The van der Waals surface area contributed by atoms with E-state index in [1.165, 1.54) is 0 Å². The minimum absolute atomic E-state index is 0.430. The summed E-state index contributed by atoms with van der Waals surface area (Å²) in [7, 11) is 0. The molecule has 0 aliphatic heterocycles. The largest absolute Gasteiger partial charge is 0.491 e. The molecule has 0 aliphatic rings. The van der Waals surface area contributed by atoms with Gasteiger partial charge in [0.25, 0.3) is 0 Å². The zero-order valence-corrected chi connectivity index (χ0v) is 29.7. The van der Waals surface area contributed by atoms with Crippen LogP contribution in [-0.4, -0.2) is 171 Å². The molecule has 0 spiro atoms. The molecule has 0 heterocycles. The highest BCUT2D eigenvalue weighted by Gasteiger charge is 1.98. The highest BCUT2D eigenvalue weighted by atomic mass is 16.6. The van der Waals surface area contributed by atoms with E-state index >= 15 is 0 Å². The van der Waals surface area contributed by atoms with Crippen LogP contribution in [0.4, 0.5) is 0 Å². The SMILES string of the molecule is CCCCOCCOCCOCCOCCOCCOCCOCCOCCOCCOCCOCCOCCOc1ccc(C=O)cc1. The van der Waals surface area contributed by atoms with Crippen LogP contribution in [0.25, 0.3) is 0 Å². The average molecular weight is 707 g/mol. The molecule has 0 saturated heterocycles. The van der Waals surface area contributed by atoms with Crippen LogP contribution >= 0.6 is 0 Å². The molecule has 0 aromatic heterocycles. The van der Waals surface area contributed by atoms with Crippen LogP contribution in [0.2, 0.25) is 0 Å². The lowest BCUT2D eigenvalue weighted by Gasteiger charge is -2.09. The van der Waals surface area contributed by atoms with Crippen molar-refractivity contribution >= 4 is 6.29 Å². The third kappa shape index (κ3) is 34.4. The van der Waals surface area contributed by atoms with Gasteiger partial charge in [-0.05, 0) is 30.7 Å². The predicted octanol–water partition coefficient (Wildman–Crippen LogP) is 2.88. The number of hydrogen-bond acceptors (Lipinski definition) is 14. The van der Waals surface area contributed by atoms with Gasteiger partial charge in [-0.3, -0.25) is 4.79 Å². The second-order valence-corrected chi connectivity index (χ2v) is 10.2. The van der Waals surface area contributed by atoms with Crippen LogP contribution in [0.3, 0.4) is 0 Å². The summed E-state index contributed by atoms with van der Waals surface area (Å²) >= 11 is 0.